The maximum absolute atomic E-state index is 6.20. The van der Waals surface area contributed by atoms with Crippen molar-refractivity contribution in [3.05, 3.63) is 27.8 Å². The van der Waals surface area contributed by atoms with Crippen molar-refractivity contribution >= 4 is 0 Å². The number of hydrogen-bond acceptors (Lipinski definition) is 2. The molecule has 0 radical (unpaired) electrons. The Labute approximate surface area is 103 Å². The lowest BCUT2D eigenvalue weighted by atomic mass is 9.86. The Balaban J connectivity index is 2.27. The van der Waals surface area contributed by atoms with Crippen molar-refractivity contribution in [3.63, 3.8) is 0 Å². The molecule has 17 heavy (non-hydrogen) atoms. The number of fused-ring (bicyclic) bond motifs is 3. The predicted octanol–water partition coefficient (Wildman–Crippen LogP) is 3.53. The molecule has 0 aliphatic carbocycles. The lowest BCUT2D eigenvalue weighted by Crippen LogP contribution is -2.38. The third kappa shape index (κ3) is 1.30. The molecule has 3 rings (SSSR count). The van der Waals surface area contributed by atoms with Crippen LogP contribution in [-0.2, 0) is 4.74 Å². The zero-order valence-electron chi connectivity index (χ0n) is 11.5. The van der Waals surface area contributed by atoms with Crippen molar-refractivity contribution in [1.29, 1.82) is 0 Å². The first kappa shape index (κ1) is 11.1. The summed E-state index contributed by atoms with van der Waals surface area (Å²) in [5, 5.41) is 0. The van der Waals surface area contributed by atoms with E-state index in [1.807, 2.05) is 0 Å². The normalized spacial score (nSPS) is 28.1. The first-order valence-corrected chi connectivity index (χ1v) is 6.29. The molecule has 0 aromatic heterocycles. The second-order valence-corrected chi connectivity index (χ2v) is 5.93. The molecule has 0 bridgehead atoms. The van der Waals surface area contributed by atoms with Crippen molar-refractivity contribution in [2.24, 2.45) is 0 Å². The standard InChI is InChI=1S/C15H20O2/c1-7-8(2)10(4)12-11(9(7)3)13-14(16-13)15(5,6)17-12/h13-14H,1-6H3. The van der Waals surface area contributed by atoms with Gasteiger partial charge in [0, 0.05) is 5.56 Å². The topological polar surface area (TPSA) is 21.8 Å². The van der Waals surface area contributed by atoms with E-state index >= 15 is 0 Å². The van der Waals surface area contributed by atoms with Gasteiger partial charge in [-0.25, -0.2) is 0 Å². The van der Waals surface area contributed by atoms with E-state index in [1.54, 1.807) is 0 Å². The van der Waals surface area contributed by atoms with Gasteiger partial charge in [-0.15, -0.1) is 0 Å². The fourth-order valence-corrected chi connectivity index (χ4v) is 2.96. The van der Waals surface area contributed by atoms with E-state index in [2.05, 4.69) is 41.5 Å². The first-order chi connectivity index (χ1) is 7.84. The van der Waals surface area contributed by atoms with Crippen LogP contribution in [-0.4, -0.2) is 11.7 Å². The molecule has 0 N–H and O–H groups in total. The Bertz CT molecular complexity index is 514. The first-order valence-electron chi connectivity index (χ1n) is 6.29. The molecule has 92 valence electrons. The largest absolute Gasteiger partial charge is 0.484 e. The van der Waals surface area contributed by atoms with E-state index in [4.69, 9.17) is 9.47 Å². The molecule has 2 unspecified atom stereocenters. The highest BCUT2D eigenvalue weighted by atomic mass is 16.6. The molecule has 2 aliphatic heterocycles. The highest BCUT2D eigenvalue weighted by molar-refractivity contribution is 5.58. The maximum atomic E-state index is 6.20. The third-order valence-electron chi connectivity index (χ3n) is 4.50. The number of rotatable bonds is 0. The van der Waals surface area contributed by atoms with Crippen LogP contribution in [0.15, 0.2) is 0 Å². The quantitative estimate of drug-likeness (QED) is 0.638. The molecule has 2 heterocycles. The highest BCUT2D eigenvalue weighted by Gasteiger charge is 2.57. The molecule has 0 spiro atoms. The van der Waals surface area contributed by atoms with Crippen LogP contribution in [0, 0.1) is 27.7 Å². The summed E-state index contributed by atoms with van der Waals surface area (Å²) >= 11 is 0. The molecule has 2 aliphatic rings. The van der Waals surface area contributed by atoms with Crippen LogP contribution in [0.5, 0.6) is 5.75 Å². The Kier molecular flexibility index (Phi) is 1.99. The van der Waals surface area contributed by atoms with Gasteiger partial charge in [0.15, 0.2) is 0 Å². The Morgan fingerprint density at radius 1 is 0.882 bits per heavy atom. The predicted molar refractivity (Wildman–Crippen MR) is 67.7 cm³/mol. The molecule has 1 aromatic rings. The monoisotopic (exact) mass is 232 g/mol. The summed E-state index contributed by atoms with van der Waals surface area (Å²) in [6.07, 6.45) is 0.488. The van der Waals surface area contributed by atoms with Gasteiger partial charge in [0.2, 0.25) is 0 Å². The van der Waals surface area contributed by atoms with Gasteiger partial charge in [0.1, 0.15) is 23.6 Å². The van der Waals surface area contributed by atoms with Crippen LogP contribution in [0.1, 0.15) is 47.8 Å². The maximum Gasteiger partial charge on any atom is 0.132 e. The minimum absolute atomic E-state index is 0.198. The van der Waals surface area contributed by atoms with Gasteiger partial charge in [-0.05, 0) is 63.8 Å². The zero-order chi connectivity index (χ0) is 12.5. The van der Waals surface area contributed by atoms with Gasteiger partial charge in [0.25, 0.3) is 0 Å². The molecule has 1 fully saturated rings. The minimum atomic E-state index is -0.198. The van der Waals surface area contributed by atoms with Crippen LogP contribution in [0.4, 0.5) is 0 Å². The molecular weight excluding hydrogens is 212 g/mol. The smallest absolute Gasteiger partial charge is 0.132 e. The van der Waals surface area contributed by atoms with E-state index in [0.717, 1.165) is 5.75 Å². The second-order valence-electron chi connectivity index (χ2n) is 5.93. The zero-order valence-corrected chi connectivity index (χ0v) is 11.5. The van der Waals surface area contributed by atoms with Gasteiger partial charge >= 0.3 is 0 Å². The van der Waals surface area contributed by atoms with Crippen LogP contribution < -0.4 is 4.74 Å². The fourth-order valence-electron chi connectivity index (χ4n) is 2.96. The summed E-state index contributed by atoms with van der Waals surface area (Å²) in [6, 6.07) is 0. The lowest BCUT2D eigenvalue weighted by molar-refractivity contribution is 0.0715. The number of ether oxygens (including phenoxy) is 2. The Hall–Kier alpha value is -1.02. The van der Waals surface area contributed by atoms with Crippen LogP contribution in [0.25, 0.3) is 0 Å². The third-order valence-corrected chi connectivity index (χ3v) is 4.50. The summed E-state index contributed by atoms with van der Waals surface area (Å²) in [5.74, 6) is 1.06. The molecule has 2 atom stereocenters. The van der Waals surface area contributed by atoms with Crippen molar-refractivity contribution < 1.29 is 9.47 Å². The summed E-state index contributed by atoms with van der Waals surface area (Å²) < 4.78 is 12.0. The molecule has 0 saturated carbocycles. The van der Waals surface area contributed by atoms with Crippen molar-refractivity contribution in [2.75, 3.05) is 0 Å². The minimum Gasteiger partial charge on any atom is -0.484 e. The van der Waals surface area contributed by atoms with E-state index in [9.17, 15) is 0 Å². The van der Waals surface area contributed by atoms with Gasteiger partial charge in [0.05, 0.1) is 0 Å². The molecule has 2 heteroatoms. The SMILES string of the molecule is Cc1c(C)c(C)c2c(c1C)OC(C)(C)C1OC21. The Morgan fingerprint density at radius 2 is 1.47 bits per heavy atom. The summed E-state index contributed by atoms with van der Waals surface area (Å²) in [5.41, 5.74) is 6.41. The number of benzene rings is 1. The van der Waals surface area contributed by atoms with Crippen LogP contribution >= 0.6 is 0 Å². The molecule has 0 amide bonds. The average Bonchev–Trinajstić information content (AvgIpc) is 3.03. The van der Waals surface area contributed by atoms with E-state index in [0.29, 0.717) is 0 Å². The van der Waals surface area contributed by atoms with Crippen molar-refractivity contribution in [3.8, 4) is 5.75 Å². The van der Waals surface area contributed by atoms with E-state index in [1.165, 1.54) is 27.8 Å². The van der Waals surface area contributed by atoms with Crippen molar-refractivity contribution in [1.82, 2.24) is 0 Å². The summed E-state index contributed by atoms with van der Waals surface area (Å²) in [4.78, 5) is 0. The van der Waals surface area contributed by atoms with Crippen molar-refractivity contribution in [2.45, 2.75) is 59.4 Å². The number of epoxide rings is 1. The average molecular weight is 232 g/mol. The highest BCUT2D eigenvalue weighted by Crippen LogP contribution is 2.56. The van der Waals surface area contributed by atoms with E-state index < -0.39 is 0 Å². The lowest BCUT2D eigenvalue weighted by Gasteiger charge is -2.32. The summed E-state index contributed by atoms with van der Waals surface area (Å²) in [7, 11) is 0. The van der Waals surface area contributed by atoms with Gasteiger partial charge < -0.3 is 9.47 Å². The number of hydrogen-bond donors (Lipinski definition) is 0. The summed E-state index contributed by atoms with van der Waals surface area (Å²) in [6.45, 7) is 12.9. The van der Waals surface area contributed by atoms with Crippen LogP contribution in [0.2, 0.25) is 0 Å². The van der Waals surface area contributed by atoms with Gasteiger partial charge in [-0.1, -0.05) is 0 Å². The van der Waals surface area contributed by atoms with Gasteiger partial charge in [-0.3, -0.25) is 0 Å². The van der Waals surface area contributed by atoms with Gasteiger partial charge in [-0.2, -0.15) is 0 Å². The molecule has 1 aromatic carbocycles. The molecular formula is C15H20O2. The Morgan fingerprint density at radius 3 is 2.12 bits per heavy atom. The molecule has 1 saturated heterocycles. The molecule has 2 nitrogen and oxygen atoms in total. The van der Waals surface area contributed by atoms with E-state index in [-0.39, 0.29) is 17.8 Å². The van der Waals surface area contributed by atoms with Crippen LogP contribution in [0.3, 0.4) is 0 Å². The second kappa shape index (κ2) is 3.05. The fraction of sp³-hybridized carbons (Fsp3) is 0.600.